The van der Waals surface area contributed by atoms with Gasteiger partial charge in [-0.1, -0.05) is 13.8 Å². The second-order valence-corrected chi connectivity index (χ2v) is 8.34. The Labute approximate surface area is 172 Å². The van der Waals surface area contributed by atoms with Crippen LogP contribution in [0.4, 0.5) is 4.79 Å². The molecule has 0 aromatic heterocycles. The number of likely N-dealkylation sites (N-methyl/N-ethyl adjacent to an activating group) is 1. The minimum absolute atomic E-state index is 0.0421. The van der Waals surface area contributed by atoms with Crippen molar-refractivity contribution in [3.63, 3.8) is 0 Å². The Bertz CT molecular complexity index is 812. The Kier molecular flexibility index (Phi) is 5.87. The third-order valence-corrected chi connectivity index (χ3v) is 6.03. The van der Waals surface area contributed by atoms with Crippen LogP contribution < -0.4 is 4.74 Å². The first-order valence-corrected chi connectivity index (χ1v) is 10.3. The van der Waals surface area contributed by atoms with Gasteiger partial charge in [-0.2, -0.15) is 0 Å². The zero-order valence-corrected chi connectivity index (χ0v) is 18.0. The molecule has 0 bridgehead atoms. The summed E-state index contributed by atoms with van der Waals surface area (Å²) in [6.45, 7) is 9.65. The van der Waals surface area contributed by atoms with Gasteiger partial charge in [0.15, 0.2) is 0 Å². The summed E-state index contributed by atoms with van der Waals surface area (Å²) in [4.78, 5) is 43.9. The van der Waals surface area contributed by atoms with Crippen LogP contribution in [0.5, 0.6) is 5.75 Å². The van der Waals surface area contributed by atoms with Crippen molar-refractivity contribution in [2.75, 3.05) is 33.3 Å². The number of hydrogen-bond donors (Lipinski definition) is 0. The van der Waals surface area contributed by atoms with Gasteiger partial charge in [-0.3, -0.25) is 14.5 Å². The van der Waals surface area contributed by atoms with E-state index >= 15 is 0 Å². The topological polar surface area (TPSA) is 70.2 Å². The SMILES string of the molecule is CCN1C(=O)N(CC(C)C)C2(CCN(C(=O)c3ccc(OC)cc3C)CC2)C1=O. The largest absolute Gasteiger partial charge is 0.497 e. The van der Waals surface area contributed by atoms with Gasteiger partial charge in [0.05, 0.1) is 7.11 Å². The standard InChI is InChI=1S/C22H31N3O4/c1-6-24-20(27)22(25(21(24)28)14-15(2)3)9-11-23(12-10-22)19(26)18-8-7-17(29-5)13-16(18)4/h7-8,13,15H,6,9-12,14H2,1-5H3. The third kappa shape index (κ3) is 3.58. The monoisotopic (exact) mass is 401 g/mol. The molecule has 1 aromatic carbocycles. The molecule has 0 unspecified atom stereocenters. The fourth-order valence-corrected chi connectivity index (χ4v) is 4.42. The van der Waals surface area contributed by atoms with E-state index in [2.05, 4.69) is 0 Å². The summed E-state index contributed by atoms with van der Waals surface area (Å²) in [5, 5.41) is 0. The second kappa shape index (κ2) is 8.05. The molecule has 1 aromatic rings. The number of likely N-dealkylation sites (tertiary alicyclic amines) is 1. The minimum Gasteiger partial charge on any atom is -0.497 e. The molecule has 29 heavy (non-hydrogen) atoms. The van der Waals surface area contributed by atoms with Crippen molar-refractivity contribution in [1.29, 1.82) is 0 Å². The predicted octanol–water partition coefficient (Wildman–Crippen LogP) is 2.92. The number of ether oxygens (including phenoxy) is 1. The number of carbonyl (C=O) groups is 3. The number of methoxy groups -OCH3 is 1. The van der Waals surface area contributed by atoms with E-state index in [-0.39, 0.29) is 23.8 Å². The quantitative estimate of drug-likeness (QED) is 0.712. The summed E-state index contributed by atoms with van der Waals surface area (Å²) in [5.41, 5.74) is 0.688. The van der Waals surface area contributed by atoms with E-state index in [1.807, 2.05) is 33.8 Å². The van der Waals surface area contributed by atoms with E-state index in [0.29, 0.717) is 44.6 Å². The highest BCUT2D eigenvalue weighted by Crippen LogP contribution is 2.38. The molecule has 7 heteroatoms. The lowest BCUT2D eigenvalue weighted by atomic mass is 9.85. The highest BCUT2D eigenvalue weighted by Gasteiger charge is 2.57. The number of aryl methyl sites for hydroxylation is 1. The molecule has 4 amide bonds. The summed E-state index contributed by atoms with van der Waals surface area (Å²) < 4.78 is 5.22. The maximum absolute atomic E-state index is 13.1. The van der Waals surface area contributed by atoms with Gasteiger partial charge >= 0.3 is 6.03 Å². The number of hydrogen-bond acceptors (Lipinski definition) is 4. The molecule has 0 N–H and O–H groups in total. The summed E-state index contributed by atoms with van der Waals surface area (Å²) in [6.07, 6.45) is 0.948. The Morgan fingerprint density at radius 2 is 1.86 bits per heavy atom. The smallest absolute Gasteiger partial charge is 0.327 e. The van der Waals surface area contributed by atoms with Crippen molar-refractivity contribution in [3.05, 3.63) is 29.3 Å². The fraction of sp³-hybridized carbons (Fsp3) is 0.591. The average molecular weight is 402 g/mol. The minimum atomic E-state index is -0.816. The van der Waals surface area contributed by atoms with Crippen molar-refractivity contribution in [3.8, 4) is 5.75 Å². The number of piperidine rings is 1. The Hall–Kier alpha value is -2.57. The normalized spacial score (nSPS) is 18.9. The van der Waals surface area contributed by atoms with Crippen LogP contribution in [0.2, 0.25) is 0 Å². The van der Waals surface area contributed by atoms with Gasteiger partial charge in [0.2, 0.25) is 0 Å². The molecule has 2 heterocycles. The third-order valence-electron chi connectivity index (χ3n) is 6.03. The van der Waals surface area contributed by atoms with Gasteiger partial charge in [-0.05, 0) is 56.4 Å². The number of carbonyl (C=O) groups excluding carboxylic acids is 3. The lowest BCUT2D eigenvalue weighted by molar-refractivity contribution is -0.135. The van der Waals surface area contributed by atoms with E-state index in [0.717, 1.165) is 11.3 Å². The number of urea groups is 1. The van der Waals surface area contributed by atoms with Crippen molar-refractivity contribution in [2.45, 2.75) is 46.1 Å². The number of imide groups is 1. The maximum Gasteiger partial charge on any atom is 0.327 e. The fourth-order valence-electron chi connectivity index (χ4n) is 4.42. The molecule has 0 radical (unpaired) electrons. The molecule has 0 aliphatic carbocycles. The van der Waals surface area contributed by atoms with E-state index in [1.165, 1.54) is 4.90 Å². The van der Waals surface area contributed by atoms with Crippen LogP contribution in [-0.4, -0.2) is 71.4 Å². The van der Waals surface area contributed by atoms with E-state index in [4.69, 9.17) is 4.74 Å². The van der Waals surface area contributed by atoms with Gasteiger partial charge in [0, 0.05) is 31.7 Å². The van der Waals surface area contributed by atoms with Crippen molar-refractivity contribution in [1.82, 2.24) is 14.7 Å². The number of benzene rings is 1. The Morgan fingerprint density at radius 1 is 1.21 bits per heavy atom. The Morgan fingerprint density at radius 3 is 2.38 bits per heavy atom. The molecule has 2 aliphatic rings. The molecule has 2 saturated heterocycles. The zero-order valence-electron chi connectivity index (χ0n) is 18.0. The van der Waals surface area contributed by atoms with Gasteiger partial charge in [0.25, 0.3) is 11.8 Å². The van der Waals surface area contributed by atoms with Gasteiger partial charge < -0.3 is 14.5 Å². The molecule has 158 valence electrons. The van der Waals surface area contributed by atoms with Crippen LogP contribution >= 0.6 is 0 Å². The number of nitrogens with zero attached hydrogens (tertiary/aromatic N) is 3. The zero-order chi connectivity index (χ0) is 21.3. The molecule has 3 rings (SSSR count). The molecule has 0 saturated carbocycles. The highest BCUT2D eigenvalue weighted by atomic mass is 16.5. The van der Waals surface area contributed by atoms with Crippen LogP contribution in [0.25, 0.3) is 0 Å². The molecular formula is C22H31N3O4. The molecule has 2 aliphatic heterocycles. The van der Waals surface area contributed by atoms with Crippen LogP contribution in [-0.2, 0) is 4.79 Å². The average Bonchev–Trinajstić information content (AvgIpc) is 2.88. The summed E-state index contributed by atoms with van der Waals surface area (Å²) in [5.74, 6) is 0.829. The molecule has 0 atom stereocenters. The Balaban J connectivity index is 1.79. The summed E-state index contributed by atoms with van der Waals surface area (Å²) in [6, 6.07) is 5.22. The summed E-state index contributed by atoms with van der Waals surface area (Å²) in [7, 11) is 1.60. The van der Waals surface area contributed by atoms with Gasteiger partial charge in [0.1, 0.15) is 11.3 Å². The van der Waals surface area contributed by atoms with Gasteiger partial charge in [-0.25, -0.2) is 4.79 Å². The van der Waals surface area contributed by atoms with E-state index < -0.39 is 5.54 Å². The predicted molar refractivity (Wildman–Crippen MR) is 110 cm³/mol. The highest BCUT2D eigenvalue weighted by molar-refractivity contribution is 6.07. The summed E-state index contributed by atoms with van der Waals surface area (Å²) >= 11 is 0. The molecule has 7 nitrogen and oxygen atoms in total. The van der Waals surface area contributed by atoms with Crippen LogP contribution in [0.15, 0.2) is 18.2 Å². The van der Waals surface area contributed by atoms with Crippen molar-refractivity contribution < 1.29 is 19.1 Å². The molecule has 1 spiro atoms. The van der Waals surface area contributed by atoms with E-state index in [1.54, 1.807) is 29.0 Å². The first-order chi connectivity index (χ1) is 13.7. The van der Waals surface area contributed by atoms with Crippen LogP contribution in [0.1, 0.15) is 49.5 Å². The van der Waals surface area contributed by atoms with Crippen LogP contribution in [0, 0.1) is 12.8 Å². The second-order valence-electron chi connectivity index (χ2n) is 8.34. The number of rotatable bonds is 5. The first kappa shape index (κ1) is 21.1. The van der Waals surface area contributed by atoms with Crippen molar-refractivity contribution >= 4 is 17.8 Å². The van der Waals surface area contributed by atoms with Crippen molar-refractivity contribution in [2.24, 2.45) is 5.92 Å². The molecular weight excluding hydrogens is 370 g/mol. The lowest BCUT2D eigenvalue weighted by Gasteiger charge is -2.42. The molecule has 2 fully saturated rings. The maximum atomic E-state index is 13.1. The number of amides is 4. The first-order valence-electron chi connectivity index (χ1n) is 10.3. The van der Waals surface area contributed by atoms with Gasteiger partial charge in [-0.15, -0.1) is 0 Å². The van der Waals surface area contributed by atoms with E-state index in [9.17, 15) is 14.4 Å². The lowest BCUT2D eigenvalue weighted by Crippen LogP contribution is -2.58. The van der Waals surface area contributed by atoms with Crippen LogP contribution in [0.3, 0.4) is 0 Å².